The summed E-state index contributed by atoms with van der Waals surface area (Å²) >= 11 is 0. The van der Waals surface area contributed by atoms with Gasteiger partial charge >= 0.3 is 0 Å². The lowest BCUT2D eigenvalue weighted by molar-refractivity contribution is 0.220. The van der Waals surface area contributed by atoms with Crippen molar-refractivity contribution in [3.8, 4) is 11.4 Å². The molecular weight excluding hydrogens is 312 g/mol. The number of nitrogens with one attached hydrogen (secondary N) is 1. The van der Waals surface area contributed by atoms with Gasteiger partial charge in [0, 0.05) is 24.3 Å². The number of aromatic amines is 1. The minimum Gasteiger partial charge on any atom is -0.343 e. The molecule has 25 heavy (non-hydrogen) atoms. The summed E-state index contributed by atoms with van der Waals surface area (Å²) in [4.78, 5) is 23.5. The van der Waals surface area contributed by atoms with Crippen molar-refractivity contribution in [2.45, 2.75) is 32.7 Å². The molecule has 5 heteroatoms. The summed E-state index contributed by atoms with van der Waals surface area (Å²) < 4.78 is 1.85. The third-order valence-corrected chi connectivity index (χ3v) is 5.00. The molecule has 0 aliphatic carbocycles. The highest BCUT2D eigenvalue weighted by atomic mass is 16.1. The van der Waals surface area contributed by atoms with Crippen molar-refractivity contribution in [1.29, 1.82) is 0 Å². The van der Waals surface area contributed by atoms with Gasteiger partial charge in [-0.05, 0) is 38.9 Å². The van der Waals surface area contributed by atoms with E-state index in [-0.39, 0.29) is 5.56 Å². The maximum atomic E-state index is 13.1. The number of benzene rings is 1. The van der Waals surface area contributed by atoms with Crippen LogP contribution in [0, 0.1) is 6.92 Å². The largest absolute Gasteiger partial charge is 0.343 e. The number of H-pyrrole nitrogens is 1. The Bertz CT molecular complexity index is 920. The predicted molar refractivity (Wildman–Crippen MR) is 101 cm³/mol. The van der Waals surface area contributed by atoms with E-state index in [9.17, 15) is 4.79 Å². The highest BCUT2D eigenvalue weighted by molar-refractivity contribution is 5.77. The van der Waals surface area contributed by atoms with E-state index in [1.165, 1.54) is 19.3 Å². The lowest BCUT2D eigenvalue weighted by Crippen LogP contribution is -2.35. The third-order valence-electron chi connectivity index (χ3n) is 5.00. The molecule has 4 rings (SSSR count). The van der Waals surface area contributed by atoms with Crippen molar-refractivity contribution in [3.05, 3.63) is 52.4 Å². The van der Waals surface area contributed by atoms with Gasteiger partial charge in [0.15, 0.2) is 0 Å². The Labute approximate surface area is 147 Å². The van der Waals surface area contributed by atoms with Gasteiger partial charge < -0.3 is 9.88 Å². The molecule has 5 nitrogen and oxygen atoms in total. The molecule has 1 N–H and O–H groups in total. The van der Waals surface area contributed by atoms with Crippen LogP contribution in [0.15, 0.2) is 41.2 Å². The molecule has 0 saturated carbocycles. The number of nitrogens with zero attached hydrogens (tertiary/aromatic N) is 3. The van der Waals surface area contributed by atoms with E-state index in [0.29, 0.717) is 17.6 Å². The topological polar surface area (TPSA) is 53.9 Å². The van der Waals surface area contributed by atoms with Crippen LogP contribution < -0.4 is 5.56 Å². The molecule has 1 aliphatic rings. The molecule has 3 heterocycles. The molecule has 0 spiro atoms. The molecule has 0 bridgehead atoms. The maximum Gasteiger partial charge on any atom is 0.263 e. The second-order valence-electron chi connectivity index (χ2n) is 6.88. The van der Waals surface area contributed by atoms with Crippen molar-refractivity contribution >= 4 is 11.0 Å². The summed E-state index contributed by atoms with van der Waals surface area (Å²) in [7, 11) is 0. The molecule has 3 aromatic rings. The number of hydrogen-bond acceptors (Lipinski definition) is 3. The SMILES string of the molecule is Cc1cc2c(=O)n(CCN3CCCCC3)c(-c3ccccc3)nc2[nH]1. The predicted octanol–water partition coefficient (Wildman–Crippen LogP) is 3.19. The Morgan fingerprint density at radius 1 is 1.08 bits per heavy atom. The van der Waals surface area contributed by atoms with Gasteiger partial charge in [0.1, 0.15) is 11.5 Å². The third kappa shape index (κ3) is 3.24. The fraction of sp³-hybridized carbons (Fsp3) is 0.400. The standard InChI is InChI=1S/C20H24N4O/c1-15-14-17-18(21-15)22-19(16-8-4-2-5-9-16)24(20(17)25)13-12-23-10-6-3-7-11-23/h2,4-5,8-9,14,21H,3,6-7,10-13H2,1H3. The zero-order valence-corrected chi connectivity index (χ0v) is 14.7. The quantitative estimate of drug-likeness (QED) is 0.796. The molecule has 0 atom stereocenters. The zero-order valence-electron chi connectivity index (χ0n) is 14.7. The molecule has 2 aromatic heterocycles. The molecular formula is C20H24N4O. The van der Waals surface area contributed by atoms with Crippen molar-refractivity contribution in [2.75, 3.05) is 19.6 Å². The van der Waals surface area contributed by atoms with E-state index in [1.54, 1.807) is 0 Å². The highest BCUT2D eigenvalue weighted by Crippen LogP contribution is 2.19. The summed E-state index contributed by atoms with van der Waals surface area (Å²) in [6.45, 7) is 5.80. The normalized spacial score (nSPS) is 15.7. The van der Waals surface area contributed by atoms with E-state index < -0.39 is 0 Å². The van der Waals surface area contributed by atoms with Crippen LogP contribution >= 0.6 is 0 Å². The highest BCUT2D eigenvalue weighted by Gasteiger charge is 2.16. The molecule has 0 unspecified atom stereocenters. The Morgan fingerprint density at radius 3 is 2.60 bits per heavy atom. The number of aryl methyl sites for hydroxylation is 1. The number of fused-ring (bicyclic) bond motifs is 1. The number of piperidine rings is 1. The number of rotatable bonds is 4. The summed E-state index contributed by atoms with van der Waals surface area (Å²) in [5.74, 6) is 0.747. The first-order valence-electron chi connectivity index (χ1n) is 9.10. The average molecular weight is 336 g/mol. The summed E-state index contributed by atoms with van der Waals surface area (Å²) in [5, 5.41) is 0.677. The summed E-state index contributed by atoms with van der Waals surface area (Å²) in [6.07, 6.45) is 3.84. The van der Waals surface area contributed by atoms with Gasteiger partial charge in [-0.1, -0.05) is 36.8 Å². The molecule has 1 saturated heterocycles. The second kappa shape index (κ2) is 6.84. The van der Waals surface area contributed by atoms with E-state index >= 15 is 0 Å². The lowest BCUT2D eigenvalue weighted by Gasteiger charge is -2.27. The van der Waals surface area contributed by atoms with Crippen molar-refractivity contribution in [3.63, 3.8) is 0 Å². The smallest absolute Gasteiger partial charge is 0.263 e. The maximum absolute atomic E-state index is 13.1. The lowest BCUT2D eigenvalue weighted by atomic mass is 10.1. The van der Waals surface area contributed by atoms with Gasteiger partial charge in [0.25, 0.3) is 5.56 Å². The zero-order chi connectivity index (χ0) is 17.2. The Balaban J connectivity index is 1.76. The summed E-state index contributed by atoms with van der Waals surface area (Å²) in [5.41, 5.74) is 2.67. The first kappa shape index (κ1) is 16.1. The van der Waals surface area contributed by atoms with Crippen LogP contribution in [-0.4, -0.2) is 39.1 Å². The molecule has 1 aromatic carbocycles. The molecule has 1 aliphatic heterocycles. The van der Waals surface area contributed by atoms with Gasteiger partial charge in [-0.15, -0.1) is 0 Å². The molecule has 0 amide bonds. The second-order valence-corrected chi connectivity index (χ2v) is 6.88. The average Bonchev–Trinajstić information content (AvgIpc) is 3.03. The van der Waals surface area contributed by atoms with Gasteiger partial charge in [-0.3, -0.25) is 9.36 Å². The van der Waals surface area contributed by atoms with Crippen molar-refractivity contribution in [2.24, 2.45) is 0 Å². The van der Waals surface area contributed by atoms with Gasteiger partial charge in [0.05, 0.1) is 5.39 Å². The number of aromatic nitrogens is 3. The fourth-order valence-electron chi connectivity index (χ4n) is 3.67. The van der Waals surface area contributed by atoms with Crippen molar-refractivity contribution < 1.29 is 0 Å². The minimum atomic E-state index is 0.0465. The monoisotopic (exact) mass is 336 g/mol. The molecule has 1 fully saturated rings. The number of hydrogen-bond donors (Lipinski definition) is 1. The Morgan fingerprint density at radius 2 is 1.84 bits per heavy atom. The van der Waals surface area contributed by atoms with E-state index in [0.717, 1.165) is 36.7 Å². The van der Waals surface area contributed by atoms with Crippen LogP contribution in [0.3, 0.4) is 0 Å². The van der Waals surface area contributed by atoms with Crippen LogP contribution in [0.1, 0.15) is 25.0 Å². The molecule has 0 radical (unpaired) electrons. The summed E-state index contributed by atoms with van der Waals surface area (Å²) in [6, 6.07) is 11.9. The number of likely N-dealkylation sites (tertiary alicyclic amines) is 1. The van der Waals surface area contributed by atoms with Gasteiger partial charge in [-0.2, -0.15) is 0 Å². The van der Waals surface area contributed by atoms with Crippen LogP contribution in [0.25, 0.3) is 22.4 Å². The van der Waals surface area contributed by atoms with Gasteiger partial charge in [-0.25, -0.2) is 4.98 Å². The van der Waals surface area contributed by atoms with Crippen LogP contribution in [-0.2, 0) is 6.54 Å². The van der Waals surface area contributed by atoms with Crippen LogP contribution in [0.5, 0.6) is 0 Å². The fourth-order valence-corrected chi connectivity index (χ4v) is 3.67. The Kier molecular flexibility index (Phi) is 4.40. The van der Waals surface area contributed by atoms with Crippen molar-refractivity contribution in [1.82, 2.24) is 19.4 Å². The van der Waals surface area contributed by atoms with E-state index in [1.807, 2.05) is 47.9 Å². The van der Waals surface area contributed by atoms with Gasteiger partial charge in [0.2, 0.25) is 0 Å². The first-order valence-corrected chi connectivity index (χ1v) is 9.10. The minimum absolute atomic E-state index is 0.0465. The van der Waals surface area contributed by atoms with E-state index in [4.69, 9.17) is 4.98 Å². The van der Waals surface area contributed by atoms with Crippen LogP contribution in [0.2, 0.25) is 0 Å². The Hall–Kier alpha value is -2.40. The van der Waals surface area contributed by atoms with Crippen LogP contribution in [0.4, 0.5) is 0 Å². The van der Waals surface area contributed by atoms with E-state index in [2.05, 4.69) is 9.88 Å². The first-order chi connectivity index (χ1) is 12.2. The molecule has 130 valence electrons.